The van der Waals surface area contributed by atoms with E-state index in [1.54, 1.807) is 17.0 Å². The minimum Gasteiger partial charge on any atom is -0.436 e. The van der Waals surface area contributed by atoms with Crippen molar-refractivity contribution in [1.82, 2.24) is 20.0 Å². The van der Waals surface area contributed by atoms with Gasteiger partial charge in [-0.3, -0.25) is 4.79 Å². The fraction of sp³-hybridized carbons (Fsp3) is 0.583. The van der Waals surface area contributed by atoms with Crippen LogP contribution < -0.4 is 10.6 Å². The highest BCUT2D eigenvalue weighted by Crippen LogP contribution is 2.40. The minimum atomic E-state index is -0.968. The van der Waals surface area contributed by atoms with Gasteiger partial charge in [0.2, 0.25) is 0 Å². The van der Waals surface area contributed by atoms with Crippen LogP contribution in [0.3, 0.4) is 0 Å². The lowest BCUT2D eigenvalue weighted by Gasteiger charge is -2.50. The molecule has 4 heterocycles. The largest absolute Gasteiger partial charge is 0.436 e. The van der Waals surface area contributed by atoms with E-state index in [1.807, 2.05) is 40.1 Å². The van der Waals surface area contributed by atoms with Gasteiger partial charge in [0.15, 0.2) is 6.10 Å². The van der Waals surface area contributed by atoms with E-state index in [-0.39, 0.29) is 24.4 Å². The third-order valence-corrected chi connectivity index (χ3v) is 12.2. The molecule has 4 aliphatic heterocycles. The van der Waals surface area contributed by atoms with E-state index >= 15 is 0 Å². The van der Waals surface area contributed by atoms with Crippen LogP contribution in [0.2, 0.25) is 10.0 Å². The molecular formula is C36H47Cl2N6O4+. The molecule has 0 bridgehead atoms. The van der Waals surface area contributed by atoms with Gasteiger partial charge in [-0.15, -0.1) is 0 Å². The molecule has 48 heavy (non-hydrogen) atoms. The molecule has 2 aromatic carbocycles. The van der Waals surface area contributed by atoms with Gasteiger partial charge in [-0.2, -0.15) is 0 Å². The molecule has 1 saturated carbocycles. The Morgan fingerprint density at radius 1 is 0.854 bits per heavy atom. The van der Waals surface area contributed by atoms with Gasteiger partial charge in [-0.05, 0) is 48.6 Å². The van der Waals surface area contributed by atoms with Crippen LogP contribution in [-0.4, -0.2) is 120 Å². The molecule has 7 rings (SSSR count). The first-order valence-corrected chi connectivity index (χ1v) is 18.5. The molecule has 2 N–H and O–H groups in total. The molecule has 0 unspecified atom stereocenters. The Morgan fingerprint density at radius 3 is 2.25 bits per heavy atom. The van der Waals surface area contributed by atoms with Crippen LogP contribution in [-0.2, 0) is 22.4 Å². The number of nitrogens with one attached hydrogen (secondary N) is 2. The average Bonchev–Trinajstić information content (AvgIpc) is 3.98. The molecule has 5 aliphatic rings. The van der Waals surface area contributed by atoms with Crippen LogP contribution in [0.4, 0.5) is 15.3 Å². The molecule has 4 fully saturated rings. The molecule has 2 aromatic rings. The maximum atomic E-state index is 14.1. The number of quaternary nitrogens is 1. The highest BCUT2D eigenvalue weighted by Gasteiger charge is 2.51. The number of para-hydroxylation sites is 1. The van der Waals surface area contributed by atoms with Gasteiger partial charge < -0.3 is 34.6 Å². The summed E-state index contributed by atoms with van der Waals surface area (Å²) in [4.78, 5) is 46.3. The fourth-order valence-corrected chi connectivity index (χ4v) is 8.91. The monoisotopic (exact) mass is 697 g/mol. The van der Waals surface area contributed by atoms with Crippen molar-refractivity contribution in [1.29, 1.82) is 0 Å². The smallest absolute Gasteiger partial charge is 0.410 e. The van der Waals surface area contributed by atoms with Crippen molar-refractivity contribution in [3.8, 4) is 0 Å². The molecular weight excluding hydrogens is 651 g/mol. The first-order valence-electron chi connectivity index (χ1n) is 17.7. The van der Waals surface area contributed by atoms with E-state index < -0.39 is 12.2 Å². The maximum Gasteiger partial charge on any atom is 0.410 e. The Balaban J connectivity index is 0.985. The van der Waals surface area contributed by atoms with Crippen molar-refractivity contribution < 1.29 is 23.6 Å². The van der Waals surface area contributed by atoms with Crippen LogP contribution in [0.5, 0.6) is 0 Å². The summed E-state index contributed by atoms with van der Waals surface area (Å²) in [5, 5.41) is 7.43. The summed E-state index contributed by atoms with van der Waals surface area (Å²) in [6.45, 7) is 7.36. The van der Waals surface area contributed by atoms with Crippen molar-refractivity contribution in [2.75, 3.05) is 64.2 Å². The van der Waals surface area contributed by atoms with Gasteiger partial charge in [0, 0.05) is 89.6 Å². The van der Waals surface area contributed by atoms with Gasteiger partial charge in [0.25, 0.3) is 5.91 Å². The number of rotatable bonds is 7. The van der Waals surface area contributed by atoms with Crippen LogP contribution in [0.15, 0.2) is 42.5 Å². The number of likely N-dealkylation sites (tertiary alicyclic amines) is 2. The highest BCUT2D eigenvalue weighted by atomic mass is 35.5. The molecule has 1 aliphatic carbocycles. The van der Waals surface area contributed by atoms with Crippen LogP contribution in [0.25, 0.3) is 0 Å². The molecule has 1 atom stereocenters. The molecule has 0 aromatic heterocycles. The number of amides is 4. The van der Waals surface area contributed by atoms with Crippen LogP contribution in [0.1, 0.15) is 49.7 Å². The van der Waals surface area contributed by atoms with Crippen molar-refractivity contribution in [2.24, 2.45) is 0 Å². The van der Waals surface area contributed by atoms with Crippen molar-refractivity contribution in [3.63, 3.8) is 0 Å². The second-order valence-electron chi connectivity index (χ2n) is 14.2. The number of carbonyl (C=O) groups excluding carboxylic acids is 3. The standard InChI is InChI=1S/C36H46Cl2N6O4/c37-30-8-5-25(23-31(30)38)24-33(34(45)41-18-12-29(13-19-41)44(28-6-7-28)21-14-39-15-22-44)48-36(47)42-16-10-27(11-17-42)43-20-9-26-3-1-2-4-32(26)40-35(43)46/h1-5,8,23,27-29,33,39H,6-7,9-22,24H2/p+1/t33-/m1/s1. The number of ether oxygens (including phenoxy) is 1. The predicted molar refractivity (Wildman–Crippen MR) is 186 cm³/mol. The Hall–Kier alpha value is -3.05. The quantitative estimate of drug-likeness (QED) is 0.390. The molecule has 0 radical (unpaired) electrons. The summed E-state index contributed by atoms with van der Waals surface area (Å²) in [6, 6.07) is 14.5. The third kappa shape index (κ3) is 7.13. The molecule has 12 heteroatoms. The lowest BCUT2D eigenvalue weighted by Crippen LogP contribution is -2.66. The number of carbonyl (C=O) groups is 3. The lowest BCUT2D eigenvalue weighted by molar-refractivity contribution is -0.963. The van der Waals surface area contributed by atoms with Gasteiger partial charge in [0.05, 0.1) is 35.2 Å². The molecule has 0 spiro atoms. The molecule has 3 saturated heterocycles. The van der Waals surface area contributed by atoms with E-state index in [1.165, 1.54) is 30.4 Å². The number of hydrogen-bond donors (Lipinski definition) is 2. The van der Waals surface area contributed by atoms with Crippen LogP contribution >= 0.6 is 23.2 Å². The number of fused-ring (bicyclic) bond motifs is 1. The number of piperidine rings is 2. The summed E-state index contributed by atoms with van der Waals surface area (Å²) in [5.74, 6) is -0.151. The molecule has 4 amide bonds. The first kappa shape index (κ1) is 33.4. The van der Waals surface area contributed by atoms with Crippen molar-refractivity contribution in [2.45, 2.75) is 75.6 Å². The number of benzene rings is 2. The highest BCUT2D eigenvalue weighted by molar-refractivity contribution is 6.42. The predicted octanol–water partition coefficient (Wildman–Crippen LogP) is 5.17. The SMILES string of the molecule is O=C(O[C@H](Cc1ccc(Cl)c(Cl)c1)C(=O)N1CCC([N+]2(C3CC3)CCNCC2)CC1)N1CCC(N2CCc3ccccc3NC2=O)CC1. The average molecular weight is 699 g/mol. The Kier molecular flexibility index (Phi) is 10.1. The second-order valence-corrected chi connectivity index (χ2v) is 15.0. The number of piperazine rings is 1. The second kappa shape index (κ2) is 14.4. The Bertz CT molecular complexity index is 1500. The zero-order valence-corrected chi connectivity index (χ0v) is 29.1. The Morgan fingerprint density at radius 2 is 1.54 bits per heavy atom. The summed E-state index contributed by atoms with van der Waals surface area (Å²) in [6.07, 6.45) is 5.41. The third-order valence-electron chi connectivity index (χ3n) is 11.4. The number of nitrogens with zero attached hydrogens (tertiary/aromatic N) is 4. The Labute approximate surface area is 293 Å². The number of hydrogen-bond acceptors (Lipinski definition) is 5. The van der Waals surface area contributed by atoms with Gasteiger partial charge in [0.1, 0.15) is 0 Å². The van der Waals surface area contributed by atoms with E-state index in [4.69, 9.17) is 27.9 Å². The number of halogens is 2. The van der Waals surface area contributed by atoms with Crippen molar-refractivity contribution in [3.05, 3.63) is 63.6 Å². The topological polar surface area (TPSA) is 94.2 Å². The minimum absolute atomic E-state index is 0.0237. The van der Waals surface area contributed by atoms with Gasteiger partial charge >= 0.3 is 12.1 Å². The summed E-state index contributed by atoms with van der Waals surface area (Å²) < 4.78 is 7.28. The molecule has 10 nitrogen and oxygen atoms in total. The summed E-state index contributed by atoms with van der Waals surface area (Å²) in [5.41, 5.74) is 2.78. The number of anilines is 1. The maximum absolute atomic E-state index is 14.1. The fourth-order valence-electron chi connectivity index (χ4n) is 8.59. The normalized spacial score (nSPS) is 22.8. The molecule has 258 valence electrons. The van der Waals surface area contributed by atoms with Crippen LogP contribution in [0, 0.1) is 0 Å². The van der Waals surface area contributed by atoms with E-state index in [2.05, 4.69) is 10.6 Å². The zero-order chi connectivity index (χ0) is 33.3. The van der Waals surface area contributed by atoms with E-state index in [0.717, 1.165) is 55.2 Å². The van der Waals surface area contributed by atoms with Gasteiger partial charge in [-0.1, -0.05) is 47.5 Å². The first-order chi connectivity index (χ1) is 23.3. The van der Waals surface area contributed by atoms with E-state index in [9.17, 15) is 14.4 Å². The summed E-state index contributed by atoms with van der Waals surface area (Å²) >= 11 is 12.5. The zero-order valence-electron chi connectivity index (χ0n) is 27.5. The lowest BCUT2D eigenvalue weighted by atomic mass is 9.97. The summed E-state index contributed by atoms with van der Waals surface area (Å²) in [7, 11) is 0. The van der Waals surface area contributed by atoms with Crippen molar-refractivity contribution >= 4 is 46.9 Å². The van der Waals surface area contributed by atoms with E-state index in [0.29, 0.717) is 61.7 Å². The number of urea groups is 1. The van der Waals surface area contributed by atoms with Gasteiger partial charge in [-0.25, -0.2) is 9.59 Å².